The first-order valence-corrected chi connectivity index (χ1v) is 2.69. The molecule has 0 aromatic rings. The fourth-order valence-corrected chi connectivity index (χ4v) is 0.487. The van der Waals surface area contributed by atoms with E-state index < -0.39 is 24.4 Å². The second-order valence-electron chi connectivity index (χ2n) is 1.78. The predicted octanol–water partition coefficient (Wildman–Crippen LogP) is -1.69. The summed E-state index contributed by atoms with van der Waals surface area (Å²) in [6.07, 6.45) is -0.397. The molecule has 0 saturated carbocycles. The molecule has 0 radical (unpaired) electrons. The Morgan fingerprint density at radius 1 is 1.45 bits per heavy atom. The molecule has 0 rings (SSSR count). The van der Waals surface area contributed by atoms with Gasteiger partial charge in [-0.05, 0) is 7.05 Å². The van der Waals surface area contributed by atoms with Crippen LogP contribution in [0.15, 0.2) is 0 Å². The number of aliphatic carboxylic acids is 2. The number of rotatable bonds is 4. The molecule has 0 aliphatic carbocycles. The molecule has 1 atom stereocenters. The number of hydrogen-bond donors (Lipinski definition) is 3. The highest BCUT2D eigenvalue weighted by molar-refractivity contribution is 5.80. The molecule has 11 heavy (non-hydrogen) atoms. The van der Waals surface area contributed by atoms with E-state index in [1.54, 1.807) is 0 Å². The van der Waals surface area contributed by atoms with Gasteiger partial charge in [0.1, 0.15) is 6.04 Å². The molecule has 0 aromatic carbocycles. The molecule has 0 spiro atoms. The first-order valence-electron chi connectivity index (χ1n) is 2.69. The van der Waals surface area contributed by atoms with Crippen molar-refractivity contribution in [3.63, 3.8) is 0 Å². The van der Waals surface area contributed by atoms with Crippen LogP contribution in [0.25, 0.3) is 0 Å². The molecule has 0 aliphatic rings. The molecule has 6 heteroatoms. The lowest BCUT2D eigenvalue weighted by Crippen LogP contribution is -2.35. The zero-order chi connectivity index (χ0) is 8.15. The van der Waals surface area contributed by atoms with E-state index in [0.717, 1.165) is 0 Å². The van der Waals surface area contributed by atoms with Gasteiger partial charge in [0, 0.05) is 0 Å². The van der Waals surface area contributed by atoms with Gasteiger partial charge >= 0.3 is 11.9 Å². The maximum atomic E-state index is 10.1. The summed E-state index contributed by atoms with van der Waals surface area (Å²) in [7, 11) is 1.40. The summed E-state index contributed by atoms with van der Waals surface area (Å²) in [6, 6.07) is -0.988. The van der Waals surface area contributed by atoms with Gasteiger partial charge in [0.05, 0.1) is 6.42 Å². The van der Waals surface area contributed by atoms with Crippen molar-refractivity contribution in [2.75, 3.05) is 7.05 Å². The Morgan fingerprint density at radius 2 is 1.91 bits per heavy atom. The van der Waals surface area contributed by atoms with Crippen LogP contribution >= 0.6 is 0 Å². The summed E-state index contributed by atoms with van der Waals surface area (Å²) in [5.41, 5.74) is 0. The van der Waals surface area contributed by atoms with Gasteiger partial charge in [-0.1, -0.05) is 0 Å². The van der Waals surface area contributed by atoms with Crippen LogP contribution in [0.5, 0.6) is 0 Å². The average Bonchev–Trinajstić information content (AvgIpc) is 1.81. The summed E-state index contributed by atoms with van der Waals surface area (Å²) in [5, 5.41) is 18.8. The van der Waals surface area contributed by atoms with E-state index in [4.69, 9.17) is 10.2 Å². The second-order valence-corrected chi connectivity index (χ2v) is 1.78. The van der Waals surface area contributed by atoms with Gasteiger partial charge in [0.25, 0.3) is 0 Å². The molecule has 0 unspecified atom stereocenters. The lowest BCUT2D eigenvalue weighted by atomic mass is 10.2. The zero-order valence-electron chi connectivity index (χ0n) is 6.00. The molecule has 0 bridgehead atoms. The van der Waals surface area contributed by atoms with Crippen LogP contribution in [0.4, 0.5) is 0 Å². The third kappa shape index (κ3) is 5.31. The van der Waals surface area contributed by atoms with Crippen molar-refractivity contribution in [1.29, 1.82) is 0 Å². The molecule has 0 aliphatic heterocycles. The zero-order valence-corrected chi connectivity index (χ0v) is 6.00. The molecular formula is C5H11NO5. The molecule has 0 amide bonds. The highest BCUT2D eigenvalue weighted by atomic mass is 16.4. The lowest BCUT2D eigenvalue weighted by molar-refractivity contribution is -0.145. The maximum absolute atomic E-state index is 10.1. The van der Waals surface area contributed by atoms with Crippen LogP contribution in [0, 0.1) is 0 Å². The van der Waals surface area contributed by atoms with Crippen molar-refractivity contribution in [3.8, 4) is 0 Å². The summed E-state index contributed by atoms with van der Waals surface area (Å²) >= 11 is 0. The van der Waals surface area contributed by atoms with Crippen molar-refractivity contribution < 1.29 is 25.3 Å². The van der Waals surface area contributed by atoms with E-state index >= 15 is 0 Å². The molecule has 0 fully saturated rings. The SMILES string of the molecule is CN[C@H](CC(=O)O)C(=O)O.O. The van der Waals surface area contributed by atoms with Crippen LogP contribution in [0.3, 0.4) is 0 Å². The van der Waals surface area contributed by atoms with Crippen molar-refractivity contribution >= 4 is 11.9 Å². The largest absolute Gasteiger partial charge is 0.481 e. The Morgan fingerprint density at radius 3 is 2.00 bits per heavy atom. The highest BCUT2D eigenvalue weighted by Crippen LogP contribution is 1.89. The number of carbonyl (C=O) groups is 2. The Balaban J connectivity index is 0. The average molecular weight is 165 g/mol. The van der Waals surface area contributed by atoms with Crippen LogP contribution in [-0.2, 0) is 9.59 Å². The van der Waals surface area contributed by atoms with E-state index in [-0.39, 0.29) is 5.48 Å². The third-order valence-electron chi connectivity index (χ3n) is 1.03. The lowest BCUT2D eigenvalue weighted by Gasteiger charge is -2.06. The van der Waals surface area contributed by atoms with Crippen molar-refractivity contribution in [2.24, 2.45) is 0 Å². The number of carboxylic acid groups (broad SMARTS) is 2. The summed E-state index contributed by atoms with van der Waals surface area (Å²) in [4.78, 5) is 20.1. The van der Waals surface area contributed by atoms with Gasteiger partial charge in [-0.15, -0.1) is 0 Å². The van der Waals surface area contributed by atoms with E-state index in [9.17, 15) is 9.59 Å². The monoisotopic (exact) mass is 165 g/mol. The predicted molar refractivity (Wildman–Crippen MR) is 36.4 cm³/mol. The number of carboxylic acids is 2. The molecule has 66 valence electrons. The van der Waals surface area contributed by atoms with Crippen LogP contribution < -0.4 is 5.32 Å². The van der Waals surface area contributed by atoms with E-state index in [1.807, 2.05) is 0 Å². The van der Waals surface area contributed by atoms with Gasteiger partial charge in [-0.25, -0.2) is 0 Å². The van der Waals surface area contributed by atoms with E-state index in [1.165, 1.54) is 7.05 Å². The second kappa shape index (κ2) is 5.63. The minimum atomic E-state index is -1.15. The van der Waals surface area contributed by atoms with E-state index in [0.29, 0.717) is 0 Å². The van der Waals surface area contributed by atoms with Gasteiger partial charge in [-0.3, -0.25) is 9.59 Å². The number of likely N-dealkylation sites (N-methyl/N-ethyl adjacent to an activating group) is 1. The standard InChI is InChI=1S/C5H9NO4.H2O/c1-6-3(5(9)10)2-4(7)8;/h3,6H,2H2,1H3,(H,7,8)(H,9,10);1H2/t3-;/m1./s1. The van der Waals surface area contributed by atoms with Gasteiger partial charge in [0.2, 0.25) is 0 Å². The molecular weight excluding hydrogens is 154 g/mol. The summed E-state index contributed by atoms with van der Waals surface area (Å²) in [5.74, 6) is -2.27. The van der Waals surface area contributed by atoms with Crippen LogP contribution in [-0.4, -0.2) is 40.7 Å². The molecule has 5 N–H and O–H groups in total. The van der Waals surface area contributed by atoms with Gasteiger partial charge in [-0.2, -0.15) is 0 Å². The number of nitrogens with one attached hydrogen (secondary N) is 1. The molecule has 6 nitrogen and oxygen atoms in total. The minimum Gasteiger partial charge on any atom is -0.481 e. The van der Waals surface area contributed by atoms with Crippen LogP contribution in [0.2, 0.25) is 0 Å². The quantitative estimate of drug-likeness (QED) is 0.459. The highest BCUT2D eigenvalue weighted by Gasteiger charge is 2.17. The minimum absolute atomic E-state index is 0. The van der Waals surface area contributed by atoms with E-state index in [2.05, 4.69) is 5.32 Å². The molecule has 0 aromatic heterocycles. The molecule has 0 saturated heterocycles. The normalized spacial score (nSPS) is 11.4. The first-order chi connectivity index (χ1) is 4.57. The Bertz CT molecular complexity index is 146. The van der Waals surface area contributed by atoms with Crippen LogP contribution in [0.1, 0.15) is 6.42 Å². The smallest absolute Gasteiger partial charge is 0.321 e. The third-order valence-corrected chi connectivity index (χ3v) is 1.03. The fourth-order valence-electron chi connectivity index (χ4n) is 0.487. The summed E-state index contributed by atoms with van der Waals surface area (Å²) < 4.78 is 0. The van der Waals surface area contributed by atoms with Crippen molar-refractivity contribution in [3.05, 3.63) is 0 Å². The Labute approximate surface area is 63.1 Å². The fraction of sp³-hybridized carbons (Fsp3) is 0.600. The maximum Gasteiger partial charge on any atom is 0.321 e. The topological polar surface area (TPSA) is 118 Å². The van der Waals surface area contributed by atoms with Gasteiger partial charge < -0.3 is 21.0 Å². The first kappa shape index (κ1) is 12.5. The molecule has 0 heterocycles. The van der Waals surface area contributed by atoms with Crippen molar-refractivity contribution in [2.45, 2.75) is 12.5 Å². The number of hydrogen-bond acceptors (Lipinski definition) is 3. The van der Waals surface area contributed by atoms with Gasteiger partial charge in [0.15, 0.2) is 0 Å². The summed E-state index contributed by atoms with van der Waals surface area (Å²) in [6.45, 7) is 0. The Kier molecular flexibility index (Phi) is 6.41. The van der Waals surface area contributed by atoms with Crippen molar-refractivity contribution in [1.82, 2.24) is 5.32 Å². The Hall–Kier alpha value is -1.14.